The molecule has 3 aromatic rings. The fraction of sp³-hybridized carbons (Fsp3) is 0.250. The molecule has 1 amide bonds. The Morgan fingerprint density at radius 2 is 1.74 bits per heavy atom. The van der Waals surface area contributed by atoms with Crippen LogP contribution in [0.2, 0.25) is 0 Å². The summed E-state index contributed by atoms with van der Waals surface area (Å²) in [6.45, 7) is 6.15. The van der Waals surface area contributed by atoms with E-state index in [0.717, 1.165) is 41.7 Å². The van der Waals surface area contributed by atoms with Gasteiger partial charge in [0.05, 0.1) is 0 Å². The number of aromatic nitrogens is 2. The summed E-state index contributed by atoms with van der Waals surface area (Å²) in [5, 5.41) is 7.89. The summed E-state index contributed by atoms with van der Waals surface area (Å²) < 4.78 is 5.74. The molecule has 2 aromatic carbocycles. The highest BCUT2D eigenvalue weighted by Crippen LogP contribution is 2.35. The van der Waals surface area contributed by atoms with Gasteiger partial charge < -0.3 is 15.1 Å². The number of primary amides is 1. The molecule has 0 spiro atoms. The predicted molar refractivity (Wildman–Crippen MR) is 108 cm³/mol. The first-order valence-corrected chi connectivity index (χ1v) is 9.70. The number of hydrogen-bond acceptors (Lipinski definition) is 6. The first-order chi connectivity index (χ1) is 13.1. The minimum absolute atomic E-state index is 0.311. The fourth-order valence-corrected chi connectivity index (χ4v) is 3.62. The van der Waals surface area contributed by atoms with Crippen LogP contribution in [0.1, 0.15) is 24.7 Å². The zero-order valence-electron chi connectivity index (χ0n) is 15.3. The van der Waals surface area contributed by atoms with Gasteiger partial charge in [-0.25, -0.2) is 0 Å². The molecule has 1 heterocycles. The van der Waals surface area contributed by atoms with Crippen LogP contribution in [0.15, 0.2) is 64.2 Å². The van der Waals surface area contributed by atoms with Crippen LogP contribution in [0.4, 0.5) is 5.69 Å². The van der Waals surface area contributed by atoms with Crippen molar-refractivity contribution < 1.29 is 9.21 Å². The smallest absolute Gasteiger partial charge is 0.277 e. The van der Waals surface area contributed by atoms with Crippen LogP contribution in [0.25, 0.3) is 11.5 Å². The van der Waals surface area contributed by atoms with E-state index in [-0.39, 0.29) is 0 Å². The van der Waals surface area contributed by atoms with Gasteiger partial charge in [-0.3, -0.25) is 4.79 Å². The summed E-state index contributed by atoms with van der Waals surface area (Å²) in [5.74, 6) is -0.0330. The molecule has 0 bridgehead atoms. The van der Waals surface area contributed by atoms with Crippen molar-refractivity contribution in [1.29, 1.82) is 0 Å². The maximum absolute atomic E-state index is 11.8. The van der Waals surface area contributed by atoms with Gasteiger partial charge in [-0.1, -0.05) is 30.3 Å². The van der Waals surface area contributed by atoms with Crippen LogP contribution in [0.3, 0.4) is 0 Å². The lowest BCUT2D eigenvalue weighted by molar-refractivity contribution is -0.117. The Kier molecular flexibility index (Phi) is 6.13. The van der Waals surface area contributed by atoms with Gasteiger partial charge in [0.1, 0.15) is 5.25 Å². The Morgan fingerprint density at radius 3 is 2.33 bits per heavy atom. The third-order valence-corrected chi connectivity index (χ3v) is 5.34. The third-order valence-electron chi connectivity index (χ3n) is 4.23. The van der Waals surface area contributed by atoms with Gasteiger partial charge in [-0.2, -0.15) is 0 Å². The number of thioether (sulfide) groups is 1. The molecule has 1 atom stereocenters. The predicted octanol–water partition coefficient (Wildman–Crippen LogP) is 3.90. The van der Waals surface area contributed by atoms with Crippen molar-refractivity contribution in [3.05, 3.63) is 60.2 Å². The minimum Gasteiger partial charge on any atom is -0.411 e. The zero-order valence-corrected chi connectivity index (χ0v) is 16.1. The molecule has 1 unspecified atom stereocenters. The zero-order chi connectivity index (χ0) is 19.2. The van der Waals surface area contributed by atoms with Gasteiger partial charge in [0.25, 0.3) is 5.22 Å². The lowest BCUT2D eigenvalue weighted by atomic mass is 10.1. The summed E-state index contributed by atoms with van der Waals surface area (Å²) in [5.41, 5.74) is 8.34. The van der Waals surface area contributed by atoms with Crippen molar-refractivity contribution in [1.82, 2.24) is 10.2 Å². The van der Waals surface area contributed by atoms with E-state index in [1.54, 1.807) is 0 Å². The monoisotopic (exact) mass is 382 g/mol. The molecule has 0 aliphatic rings. The van der Waals surface area contributed by atoms with Crippen molar-refractivity contribution in [2.24, 2.45) is 5.73 Å². The normalized spacial score (nSPS) is 11.9. The quantitative estimate of drug-likeness (QED) is 0.595. The standard InChI is InChI=1S/C20H22N4O2S/c1-3-24(4-2)16-12-10-15(11-13-16)19-22-23-20(26-19)27-17(18(21)25)14-8-6-5-7-9-14/h5-13,17H,3-4H2,1-2H3,(H2,21,25). The number of benzene rings is 2. The molecule has 0 saturated heterocycles. The minimum atomic E-state index is -0.579. The van der Waals surface area contributed by atoms with Crippen molar-refractivity contribution in [3.8, 4) is 11.5 Å². The molecule has 0 aliphatic carbocycles. The largest absolute Gasteiger partial charge is 0.411 e. The SMILES string of the molecule is CCN(CC)c1ccc(-c2nnc(SC(C(N)=O)c3ccccc3)o2)cc1. The van der Waals surface area contributed by atoms with Crippen LogP contribution in [0.5, 0.6) is 0 Å². The molecule has 0 fully saturated rings. The number of carbonyl (C=O) groups excluding carboxylic acids is 1. The van der Waals surface area contributed by atoms with E-state index in [1.807, 2.05) is 54.6 Å². The highest BCUT2D eigenvalue weighted by Gasteiger charge is 2.22. The number of nitrogens with two attached hydrogens (primary N) is 1. The summed E-state index contributed by atoms with van der Waals surface area (Å²) in [7, 11) is 0. The Morgan fingerprint density at radius 1 is 1.07 bits per heavy atom. The van der Waals surface area contributed by atoms with Gasteiger partial charge in [0.2, 0.25) is 11.8 Å². The van der Waals surface area contributed by atoms with Crippen molar-refractivity contribution >= 4 is 23.4 Å². The van der Waals surface area contributed by atoms with Gasteiger partial charge in [-0.05, 0) is 55.4 Å². The molecule has 1 aromatic heterocycles. The van der Waals surface area contributed by atoms with Crippen LogP contribution in [0, 0.1) is 0 Å². The number of rotatable bonds is 8. The third kappa shape index (κ3) is 4.49. The molecule has 0 aliphatic heterocycles. The fourth-order valence-electron chi connectivity index (χ4n) is 2.80. The lowest BCUT2D eigenvalue weighted by Gasteiger charge is -2.20. The number of carbonyl (C=O) groups is 1. The van der Waals surface area contributed by atoms with E-state index >= 15 is 0 Å². The molecule has 27 heavy (non-hydrogen) atoms. The van der Waals surface area contributed by atoms with Gasteiger partial charge in [-0.15, -0.1) is 10.2 Å². The van der Waals surface area contributed by atoms with E-state index in [9.17, 15) is 4.79 Å². The molecule has 0 saturated carbocycles. The molecule has 6 nitrogen and oxygen atoms in total. The maximum Gasteiger partial charge on any atom is 0.277 e. The first kappa shape index (κ1) is 19.0. The molecule has 140 valence electrons. The highest BCUT2D eigenvalue weighted by molar-refractivity contribution is 8.00. The van der Waals surface area contributed by atoms with E-state index in [4.69, 9.17) is 10.2 Å². The molecular weight excluding hydrogens is 360 g/mol. The summed E-state index contributed by atoms with van der Waals surface area (Å²) >= 11 is 1.16. The first-order valence-electron chi connectivity index (χ1n) is 8.82. The van der Waals surface area contributed by atoms with Gasteiger partial charge in [0, 0.05) is 24.3 Å². The topological polar surface area (TPSA) is 85.3 Å². The van der Waals surface area contributed by atoms with Crippen LogP contribution < -0.4 is 10.6 Å². The van der Waals surface area contributed by atoms with E-state index in [2.05, 4.69) is 28.9 Å². The lowest BCUT2D eigenvalue weighted by Crippen LogP contribution is -2.21. The number of hydrogen-bond donors (Lipinski definition) is 1. The second kappa shape index (κ2) is 8.73. The van der Waals surface area contributed by atoms with E-state index in [1.165, 1.54) is 0 Å². The average Bonchev–Trinajstić information content (AvgIpc) is 3.17. The molecule has 7 heteroatoms. The molecule has 2 N–H and O–H groups in total. The molecule has 0 radical (unpaired) electrons. The van der Waals surface area contributed by atoms with Crippen molar-refractivity contribution in [3.63, 3.8) is 0 Å². The average molecular weight is 382 g/mol. The summed E-state index contributed by atoms with van der Waals surface area (Å²) in [4.78, 5) is 14.1. The molecular formula is C20H22N4O2S. The number of nitrogens with zero attached hydrogens (tertiary/aromatic N) is 3. The highest BCUT2D eigenvalue weighted by atomic mass is 32.2. The van der Waals surface area contributed by atoms with Gasteiger partial charge >= 0.3 is 0 Å². The number of anilines is 1. The maximum atomic E-state index is 11.8. The summed E-state index contributed by atoms with van der Waals surface area (Å²) in [6.07, 6.45) is 0. The van der Waals surface area contributed by atoms with Crippen molar-refractivity contribution in [2.45, 2.75) is 24.3 Å². The van der Waals surface area contributed by atoms with E-state index in [0.29, 0.717) is 11.1 Å². The Bertz CT molecular complexity index is 877. The summed E-state index contributed by atoms with van der Waals surface area (Å²) in [6, 6.07) is 17.3. The Balaban J connectivity index is 1.77. The Hall–Kier alpha value is -2.80. The second-order valence-electron chi connectivity index (χ2n) is 5.90. The van der Waals surface area contributed by atoms with Crippen LogP contribution in [-0.2, 0) is 4.79 Å². The Labute approximate surface area is 162 Å². The van der Waals surface area contributed by atoms with Crippen LogP contribution >= 0.6 is 11.8 Å². The second-order valence-corrected chi connectivity index (χ2v) is 6.96. The van der Waals surface area contributed by atoms with Gasteiger partial charge in [0.15, 0.2) is 0 Å². The van der Waals surface area contributed by atoms with E-state index < -0.39 is 11.2 Å². The molecule has 3 rings (SSSR count). The van der Waals surface area contributed by atoms with Crippen LogP contribution in [-0.4, -0.2) is 29.2 Å². The van der Waals surface area contributed by atoms with Crippen molar-refractivity contribution in [2.75, 3.05) is 18.0 Å². The number of amides is 1.